The average molecular weight is 1470 g/mol. The monoisotopic (exact) mass is 1470 g/mol. The van der Waals surface area contributed by atoms with Gasteiger partial charge in [-0.2, -0.15) is 0 Å². The molecule has 24 nitrogen and oxygen atoms in total. The van der Waals surface area contributed by atoms with Crippen LogP contribution in [0.5, 0.6) is 0 Å². The lowest BCUT2D eigenvalue weighted by Gasteiger charge is -2.32. The van der Waals surface area contributed by atoms with Crippen molar-refractivity contribution in [1.29, 1.82) is 0 Å². The molecule has 5 N–H and O–H groups in total. The topological polar surface area (TPSA) is 310 Å². The standard InChI is InChI=1S/C41H43N5O8S.C36H35N5O6S.ClH/c1-5-25-22-41(25,38(49)44-55(51,52)27-18-19-27)42-36(47)33-21-26(54-43-35-30-15-9-7-13-28(30)29-14-8-10-16-31(29)35)23-45(33)37(48)34-20-24-12-6-11-17-32(24)46(34)39(50)53-40(2,3)4;1-2-22-19-36(22,35(44)40-48(45,46)24-15-16-24)38-33(42)31-18-23(20-41(31)34(43)30-17-21-9-3-8-14-29(21)37-30)47-39-32-27-12-6-4-10-25(27)26-11-5-7-13-28(26)32;/h5-17,25-27,33-34H,1,18-23H2,2-4H3,(H,42,47)(H,44,49);2-14,22-24,30-31,37H,1,15-20H2,(H,38,42)(H,40,44);1H/t25-,26-,33+,34+,41-;22-,23-,30+,31+,36-;/m11./s1. The minimum atomic E-state index is -3.91. The Kier molecular flexibility index (Phi) is 18.5. The van der Waals surface area contributed by atoms with Crippen LogP contribution in [-0.2, 0) is 76.1 Å². The summed E-state index contributed by atoms with van der Waals surface area (Å²) in [7, 11) is -7.74. The van der Waals surface area contributed by atoms with Crippen LogP contribution in [0, 0.1) is 11.8 Å². The van der Waals surface area contributed by atoms with E-state index in [0.29, 0.717) is 49.2 Å². The number of benzene rings is 6. The molecular weight excluding hydrogens is 1390 g/mol. The maximum absolute atomic E-state index is 14.8. The number of rotatable bonds is 18. The molecule has 0 unspecified atom stereocenters. The van der Waals surface area contributed by atoms with Crippen LogP contribution in [0.3, 0.4) is 0 Å². The van der Waals surface area contributed by atoms with E-state index in [0.717, 1.165) is 61.3 Å². The number of nitrogens with one attached hydrogen (secondary N) is 5. The van der Waals surface area contributed by atoms with Crippen LogP contribution < -0.4 is 30.3 Å². The molecule has 0 bridgehead atoms. The predicted octanol–water partition coefficient (Wildman–Crippen LogP) is 7.97. The quantitative estimate of drug-likeness (QED) is 0.0402. The van der Waals surface area contributed by atoms with Crippen molar-refractivity contribution in [3.05, 3.63) is 204 Å². The van der Waals surface area contributed by atoms with E-state index in [1.54, 1.807) is 39.0 Å². The van der Waals surface area contributed by atoms with E-state index >= 15 is 0 Å². The van der Waals surface area contributed by atoms with Crippen molar-refractivity contribution < 1.29 is 64.8 Å². The minimum Gasteiger partial charge on any atom is -0.443 e. The number of likely N-dealkylation sites (tertiary alicyclic amines) is 2. The highest BCUT2D eigenvalue weighted by Crippen LogP contribution is 2.48. The Hall–Kier alpha value is -10.2. The van der Waals surface area contributed by atoms with Gasteiger partial charge in [-0.15, -0.1) is 25.6 Å². The molecule has 6 aliphatic carbocycles. The third-order valence-electron chi connectivity index (χ3n) is 21.0. The van der Waals surface area contributed by atoms with Gasteiger partial charge < -0.3 is 40.2 Å². The number of fused-ring (bicyclic) bond motifs is 8. The van der Waals surface area contributed by atoms with Crippen molar-refractivity contribution in [1.82, 2.24) is 29.9 Å². The van der Waals surface area contributed by atoms with Crippen molar-refractivity contribution in [3.63, 3.8) is 0 Å². The molecule has 7 amide bonds. The van der Waals surface area contributed by atoms with Gasteiger partial charge in [0.1, 0.15) is 64.5 Å². The Morgan fingerprint density at radius 1 is 0.529 bits per heavy atom. The molecular formula is C77H79ClN10O14S2. The number of carbonyl (C=O) groups is 7. The van der Waals surface area contributed by atoms with E-state index in [-0.39, 0.29) is 63.5 Å². The van der Waals surface area contributed by atoms with Crippen molar-refractivity contribution in [3.8, 4) is 22.3 Å². The van der Waals surface area contributed by atoms with Crippen molar-refractivity contribution in [2.45, 2.75) is 149 Å². The Labute approximate surface area is 608 Å². The maximum Gasteiger partial charge on any atom is 0.415 e. The van der Waals surface area contributed by atoms with Gasteiger partial charge in [-0.3, -0.25) is 43.1 Å². The van der Waals surface area contributed by atoms with Crippen molar-refractivity contribution >= 4 is 96.8 Å². The number of amides is 7. The average Bonchev–Trinajstić information content (AvgIpc) is 1.58. The van der Waals surface area contributed by atoms with Crippen LogP contribution in [0.25, 0.3) is 22.3 Å². The smallest absolute Gasteiger partial charge is 0.415 e. The Bertz CT molecular complexity index is 4760. The summed E-state index contributed by atoms with van der Waals surface area (Å²) < 4.78 is 60.8. The first-order valence-electron chi connectivity index (χ1n) is 34.8. The number of anilines is 2. The van der Waals surface area contributed by atoms with Crippen LogP contribution in [0.1, 0.15) is 106 Å². The number of ether oxygens (including phenoxy) is 1. The summed E-state index contributed by atoms with van der Waals surface area (Å²) in [6.07, 6.45) is 4.04. The lowest BCUT2D eigenvalue weighted by Crippen LogP contribution is -2.58. The summed E-state index contributed by atoms with van der Waals surface area (Å²) in [5.74, 6) is -4.60. The zero-order valence-corrected chi connectivity index (χ0v) is 59.8. The zero-order valence-electron chi connectivity index (χ0n) is 57.4. The molecule has 4 heterocycles. The Balaban J connectivity index is 0.000000175. The second-order valence-corrected chi connectivity index (χ2v) is 33.0. The van der Waals surface area contributed by atoms with Gasteiger partial charge in [0.25, 0.3) is 11.8 Å². The highest BCUT2D eigenvalue weighted by molar-refractivity contribution is 7.91. The lowest BCUT2D eigenvalue weighted by atomic mass is 10.1. The molecule has 16 rings (SSSR count). The van der Waals surface area contributed by atoms with E-state index in [4.69, 9.17) is 14.4 Å². The second-order valence-electron chi connectivity index (χ2n) is 29.1. The van der Waals surface area contributed by atoms with Gasteiger partial charge in [0.05, 0.1) is 29.3 Å². The van der Waals surface area contributed by atoms with Gasteiger partial charge in [-0.1, -0.05) is 156 Å². The van der Waals surface area contributed by atoms with Crippen LogP contribution in [-0.4, -0.2) is 156 Å². The van der Waals surface area contributed by atoms with E-state index in [1.807, 2.05) is 133 Å². The van der Waals surface area contributed by atoms with Gasteiger partial charge in [-0.25, -0.2) is 21.6 Å². The van der Waals surface area contributed by atoms with Gasteiger partial charge in [0.2, 0.25) is 43.7 Å². The molecule has 2 saturated heterocycles. The van der Waals surface area contributed by atoms with E-state index in [9.17, 15) is 50.4 Å². The van der Waals surface area contributed by atoms with Crippen LogP contribution >= 0.6 is 12.4 Å². The molecule has 0 radical (unpaired) electrons. The van der Waals surface area contributed by atoms with Crippen LogP contribution in [0.15, 0.2) is 181 Å². The first kappa shape index (κ1) is 70.8. The molecule has 104 heavy (non-hydrogen) atoms. The zero-order chi connectivity index (χ0) is 72.1. The number of halogens is 1. The number of hydrogen-bond donors (Lipinski definition) is 5. The number of carbonyl (C=O) groups excluding carboxylic acids is 7. The van der Waals surface area contributed by atoms with Gasteiger partial charge in [0.15, 0.2) is 0 Å². The second kappa shape index (κ2) is 27.1. The number of sulfonamides is 2. The molecule has 10 atom stereocenters. The van der Waals surface area contributed by atoms with Gasteiger partial charge in [-0.05, 0) is 105 Å². The molecule has 4 saturated carbocycles. The Morgan fingerprint density at radius 2 is 0.923 bits per heavy atom. The fraction of sp³-hybridized carbons (Fsp3) is 0.364. The predicted molar refractivity (Wildman–Crippen MR) is 391 cm³/mol. The van der Waals surface area contributed by atoms with Gasteiger partial charge >= 0.3 is 6.09 Å². The SMILES string of the molecule is C=C[C@@H]1C[C@]1(NC(=O)[C@@H]1C[C@@H](ON=C2c3ccccc3-c3ccccc32)CN1C(=O)[C@@H]1Cc2ccccc2N1)C(=O)NS(=O)(=O)C1CC1.C=C[C@@H]1C[C@]1(NC(=O)[C@@H]1C[C@@H](ON=C2c3ccccc3-c3ccccc32)CN1C(=O)[C@@H]1Cc2ccccc2N1C(=O)OC(C)(C)C)C(=O)NS(=O)(=O)C1CC1.Cl. The van der Waals surface area contributed by atoms with Crippen molar-refractivity contribution in [2.24, 2.45) is 22.1 Å². The normalized spacial score (nSPS) is 25.4. The van der Waals surface area contributed by atoms with Gasteiger partial charge in [0, 0.05) is 65.5 Å². The van der Waals surface area contributed by atoms with E-state index in [2.05, 4.69) is 48.9 Å². The molecule has 6 aromatic rings. The lowest BCUT2D eigenvalue weighted by molar-refractivity contribution is -0.140. The minimum absolute atomic E-state index is 0. The van der Waals surface area contributed by atoms with Crippen molar-refractivity contribution in [2.75, 3.05) is 23.3 Å². The summed E-state index contributed by atoms with van der Waals surface area (Å²) in [6.45, 7) is 12.9. The number of para-hydroxylation sites is 2. The first-order chi connectivity index (χ1) is 49.4. The molecule has 6 fully saturated rings. The van der Waals surface area contributed by atoms with E-state index < -0.39 is 131 Å². The molecule has 0 spiro atoms. The third-order valence-corrected chi connectivity index (χ3v) is 24.6. The summed E-state index contributed by atoms with van der Waals surface area (Å²) in [5, 5.41) is 16.9. The Morgan fingerprint density at radius 3 is 1.33 bits per heavy atom. The summed E-state index contributed by atoms with van der Waals surface area (Å²) in [4.78, 5) is 115. The highest BCUT2D eigenvalue weighted by atomic mass is 35.5. The largest absolute Gasteiger partial charge is 0.443 e. The molecule has 4 aliphatic heterocycles. The molecule has 27 heteroatoms. The van der Waals surface area contributed by atoms with Crippen LogP contribution in [0.4, 0.5) is 16.2 Å². The number of hydrogen-bond acceptors (Lipinski definition) is 17. The maximum atomic E-state index is 14.8. The summed E-state index contributed by atoms with van der Waals surface area (Å²) >= 11 is 0. The summed E-state index contributed by atoms with van der Waals surface area (Å²) in [6, 6.07) is 42.7. The first-order valence-corrected chi connectivity index (χ1v) is 37.9. The van der Waals surface area contributed by atoms with Crippen LogP contribution in [0.2, 0.25) is 0 Å². The molecule has 540 valence electrons. The molecule has 10 aliphatic rings. The third kappa shape index (κ3) is 13.3. The summed E-state index contributed by atoms with van der Waals surface area (Å²) in [5.41, 5.74) is 8.39. The molecule has 0 aromatic heterocycles. The fourth-order valence-electron chi connectivity index (χ4n) is 15.2. The van der Waals surface area contributed by atoms with E-state index in [1.165, 1.54) is 20.8 Å². The highest BCUT2D eigenvalue weighted by Gasteiger charge is 2.64. The fourth-order valence-corrected chi connectivity index (χ4v) is 17.9. The molecule has 6 aromatic carbocycles. The number of nitrogens with zero attached hydrogens (tertiary/aromatic N) is 5. The number of oxime groups is 2.